The average Bonchev–Trinajstić information content (AvgIpc) is 3.07. The van der Waals surface area contributed by atoms with Crippen LogP contribution in [0, 0.1) is 0 Å². The van der Waals surface area contributed by atoms with Crippen LogP contribution in [0.4, 0.5) is 0 Å². The third kappa shape index (κ3) is 4.24. The smallest absolute Gasteiger partial charge is 0.212 e. The van der Waals surface area contributed by atoms with Gasteiger partial charge in [-0.15, -0.1) is 0 Å². The van der Waals surface area contributed by atoms with Crippen LogP contribution in [0.2, 0.25) is 5.02 Å². The summed E-state index contributed by atoms with van der Waals surface area (Å²) >= 11 is 6.45. The number of ether oxygens (including phenoxy) is 2. The van der Waals surface area contributed by atoms with Gasteiger partial charge in [0.1, 0.15) is 5.75 Å². The van der Waals surface area contributed by atoms with Gasteiger partial charge in [0.15, 0.2) is 0 Å². The summed E-state index contributed by atoms with van der Waals surface area (Å²) in [5, 5.41) is 12.1. The molecule has 0 aliphatic rings. The fraction of sp³-hybridized carbons (Fsp3) is 0.240. The van der Waals surface area contributed by atoms with Crippen molar-refractivity contribution in [3.05, 3.63) is 77.1 Å². The normalized spacial score (nSPS) is 11.3. The van der Waals surface area contributed by atoms with Crippen LogP contribution in [-0.2, 0) is 13.2 Å². The molecule has 160 valence electrons. The molecule has 0 spiro atoms. The van der Waals surface area contributed by atoms with Gasteiger partial charge in [-0.25, -0.2) is 4.98 Å². The lowest BCUT2D eigenvalue weighted by Gasteiger charge is -2.13. The molecule has 0 aliphatic carbocycles. The molecule has 2 aromatic carbocycles. The molecule has 4 rings (SSSR count). The Morgan fingerprint density at radius 1 is 1.10 bits per heavy atom. The van der Waals surface area contributed by atoms with Crippen molar-refractivity contribution < 1.29 is 14.6 Å². The highest BCUT2D eigenvalue weighted by molar-refractivity contribution is 6.31. The fourth-order valence-corrected chi connectivity index (χ4v) is 4.04. The summed E-state index contributed by atoms with van der Waals surface area (Å²) in [5.41, 5.74) is 4.59. The van der Waals surface area contributed by atoms with Gasteiger partial charge in [0.05, 0.1) is 31.0 Å². The monoisotopic (exact) mass is 436 g/mol. The number of aromatic nitrogens is 2. The van der Waals surface area contributed by atoms with Crippen molar-refractivity contribution in [3.63, 3.8) is 0 Å². The van der Waals surface area contributed by atoms with Crippen molar-refractivity contribution in [1.29, 1.82) is 0 Å². The summed E-state index contributed by atoms with van der Waals surface area (Å²) in [6.07, 6.45) is 1.83. The number of fused-ring (bicyclic) bond motifs is 1. The molecule has 0 saturated carbocycles. The van der Waals surface area contributed by atoms with Crippen molar-refractivity contribution in [2.24, 2.45) is 0 Å². The molecule has 5 nitrogen and oxygen atoms in total. The molecule has 6 heteroatoms. The van der Waals surface area contributed by atoms with E-state index in [1.165, 1.54) is 0 Å². The first-order valence-corrected chi connectivity index (χ1v) is 10.6. The van der Waals surface area contributed by atoms with E-state index in [4.69, 9.17) is 21.1 Å². The van der Waals surface area contributed by atoms with Crippen molar-refractivity contribution in [2.75, 3.05) is 7.11 Å². The van der Waals surface area contributed by atoms with E-state index in [9.17, 15) is 5.11 Å². The molecular formula is C25H25ClN2O3. The zero-order valence-corrected chi connectivity index (χ0v) is 18.6. The quantitative estimate of drug-likeness (QED) is 0.404. The molecule has 0 radical (unpaired) electrons. The third-order valence-corrected chi connectivity index (χ3v) is 5.55. The van der Waals surface area contributed by atoms with Gasteiger partial charge < -0.3 is 19.1 Å². The van der Waals surface area contributed by atoms with Gasteiger partial charge in [0.2, 0.25) is 5.88 Å². The zero-order valence-electron chi connectivity index (χ0n) is 17.8. The van der Waals surface area contributed by atoms with E-state index < -0.39 is 0 Å². The van der Waals surface area contributed by atoms with E-state index in [0.29, 0.717) is 17.4 Å². The molecule has 0 atom stereocenters. The van der Waals surface area contributed by atoms with Crippen LogP contribution >= 0.6 is 11.6 Å². The number of hydrogen-bond acceptors (Lipinski definition) is 4. The van der Waals surface area contributed by atoms with Crippen LogP contribution in [0.15, 0.2) is 60.8 Å². The summed E-state index contributed by atoms with van der Waals surface area (Å²) in [6.45, 7) is 4.41. The van der Waals surface area contributed by atoms with Crippen LogP contribution < -0.4 is 9.47 Å². The molecule has 0 bridgehead atoms. The number of hydrogen-bond donors (Lipinski definition) is 1. The summed E-state index contributed by atoms with van der Waals surface area (Å²) in [5.74, 6) is 1.33. The Morgan fingerprint density at radius 2 is 1.90 bits per heavy atom. The van der Waals surface area contributed by atoms with Gasteiger partial charge in [-0.05, 0) is 43.7 Å². The minimum absolute atomic E-state index is 0.0620. The highest BCUT2D eigenvalue weighted by atomic mass is 35.5. The van der Waals surface area contributed by atoms with E-state index in [0.717, 1.165) is 39.0 Å². The van der Waals surface area contributed by atoms with E-state index in [2.05, 4.69) is 9.55 Å². The van der Waals surface area contributed by atoms with Crippen molar-refractivity contribution in [3.8, 4) is 22.8 Å². The van der Waals surface area contributed by atoms with Gasteiger partial charge >= 0.3 is 0 Å². The number of rotatable bonds is 7. The van der Waals surface area contributed by atoms with Gasteiger partial charge in [0, 0.05) is 46.4 Å². The average molecular weight is 437 g/mol. The Balaban J connectivity index is 1.95. The Hall–Kier alpha value is -3.02. The molecular weight excluding hydrogens is 412 g/mol. The van der Waals surface area contributed by atoms with Crippen LogP contribution in [0.5, 0.6) is 11.6 Å². The van der Waals surface area contributed by atoms with Gasteiger partial charge in [0.25, 0.3) is 0 Å². The lowest BCUT2D eigenvalue weighted by Crippen LogP contribution is -2.07. The minimum Gasteiger partial charge on any atom is -0.491 e. The van der Waals surface area contributed by atoms with Crippen LogP contribution in [0.25, 0.3) is 22.0 Å². The topological polar surface area (TPSA) is 56.5 Å². The number of aliphatic hydroxyl groups excluding tert-OH is 1. The number of pyridine rings is 1. The Bertz CT molecular complexity index is 1200. The molecule has 0 unspecified atom stereocenters. The van der Waals surface area contributed by atoms with Crippen molar-refractivity contribution in [1.82, 2.24) is 9.55 Å². The maximum Gasteiger partial charge on any atom is 0.212 e. The van der Waals surface area contributed by atoms with Crippen LogP contribution in [-0.4, -0.2) is 27.9 Å². The van der Waals surface area contributed by atoms with E-state index in [1.807, 2.05) is 68.4 Å². The fourth-order valence-electron chi connectivity index (χ4n) is 3.84. The first kappa shape index (κ1) is 21.2. The lowest BCUT2D eigenvalue weighted by atomic mass is 10.0. The zero-order chi connectivity index (χ0) is 22.0. The van der Waals surface area contributed by atoms with Crippen LogP contribution in [0.3, 0.4) is 0 Å². The summed E-state index contributed by atoms with van der Waals surface area (Å²) in [4.78, 5) is 4.36. The number of methoxy groups -OCH3 is 1. The van der Waals surface area contributed by atoms with E-state index in [1.54, 1.807) is 13.3 Å². The molecule has 2 aromatic heterocycles. The molecule has 2 heterocycles. The number of nitrogens with zero attached hydrogens (tertiary/aromatic N) is 2. The third-order valence-electron chi connectivity index (χ3n) is 5.19. The number of aliphatic hydroxyl groups is 1. The van der Waals surface area contributed by atoms with E-state index in [-0.39, 0.29) is 12.7 Å². The summed E-state index contributed by atoms with van der Waals surface area (Å²) < 4.78 is 13.2. The summed E-state index contributed by atoms with van der Waals surface area (Å²) in [6, 6.07) is 17.6. The Labute approximate surface area is 186 Å². The van der Waals surface area contributed by atoms with Gasteiger partial charge in [-0.1, -0.05) is 29.8 Å². The first-order valence-electron chi connectivity index (χ1n) is 10.2. The second kappa shape index (κ2) is 9.00. The molecule has 0 fully saturated rings. The van der Waals surface area contributed by atoms with Gasteiger partial charge in [-0.3, -0.25) is 0 Å². The second-order valence-electron chi connectivity index (χ2n) is 7.59. The predicted molar refractivity (Wildman–Crippen MR) is 124 cm³/mol. The molecule has 0 amide bonds. The molecule has 0 aliphatic heterocycles. The minimum atomic E-state index is -0.124. The molecule has 0 saturated heterocycles. The standard InChI is InChI=1S/C25H25ClN2O3/c1-16(2)31-19-9-10-20-22(12-19)28(14-18-6-4-5-7-21(18)26)23(15-29)25(20)17-8-11-24(30-3)27-13-17/h4-13,16,29H,14-15H2,1-3H3. The SMILES string of the molecule is COc1ccc(-c2c(CO)n(Cc3ccccc3Cl)c3cc(OC(C)C)ccc23)cn1. The first-order chi connectivity index (χ1) is 15.0. The second-order valence-corrected chi connectivity index (χ2v) is 8.00. The lowest BCUT2D eigenvalue weighted by molar-refractivity contribution is 0.242. The maximum absolute atomic E-state index is 10.4. The Kier molecular flexibility index (Phi) is 6.16. The van der Waals surface area contributed by atoms with Gasteiger partial charge in [-0.2, -0.15) is 0 Å². The highest BCUT2D eigenvalue weighted by Crippen LogP contribution is 2.38. The number of halogens is 1. The van der Waals surface area contributed by atoms with Crippen LogP contribution in [0.1, 0.15) is 25.1 Å². The van der Waals surface area contributed by atoms with Crippen molar-refractivity contribution >= 4 is 22.5 Å². The van der Waals surface area contributed by atoms with Crippen molar-refractivity contribution in [2.45, 2.75) is 33.1 Å². The summed E-state index contributed by atoms with van der Waals surface area (Å²) in [7, 11) is 1.59. The molecule has 31 heavy (non-hydrogen) atoms. The van der Waals surface area contributed by atoms with E-state index >= 15 is 0 Å². The molecule has 1 N–H and O–H groups in total. The Morgan fingerprint density at radius 3 is 2.55 bits per heavy atom. The molecule has 4 aromatic rings. The largest absolute Gasteiger partial charge is 0.491 e. The predicted octanol–water partition coefficient (Wildman–Crippen LogP) is 5.69. The maximum atomic E-state index is 10.4. The number of benzene rings is 2. The highest BCUT2D eigenvalue weighted by Gasteiger charge is 2.20.